The summed E-state index contributed by atoms with van der Waals surface area (Å²) in [6, 6.07) is 0. The molecule has 0 aromatic carbocycles. The Morgan fingerprint density at radius 3 is 2.61 bits per heavy atom. The van der Waals surface area contributed by atoms with E-state index in [1.807, 2.05) is 32.1 Å². The number of carbonyl (C=O) groups is 1. The van der Waals surface area contributed by atoms with Gasteiger partial charge in [-0.25, -0.2) is 0 Å². The Hall–Kier alpha value is -1.03. The second-order valence-corrected chi connectivity index (χ2v) is 6.31. The van der Waals surface area contributed by atoms with E-state index in [-0.39, 0.29) is 11.2 Å². The molecular formula is C14H16BrNO2. The number of rotatable bonds is 1. The van der Waals surface area contributed by atoms with Crippen LogP contribution in [-0.4, -0.2) is 24.8 Å². The SMILES string of the molecule is Cc1c(Br)oc2c1C(=O)/C(=C\N(C)C)C1(CC1)C2. The normalized spacial score (nSPS) is 22.4. The van der Waals surface area contributed by atoms with Crippen molar-refractivity contribution in [2.24, 2.45) is 5.41 Å². The molecule has 2 aliphatic carbocycles. The van der Waals surface area contributed by atoms with Crippen molar-refractivity contribution in [2.75, 3.05) is 14.1 Å². The molecule has 1 aromatic rings. The molecule has 1 heterocycles. The van der Waals surface area contributed by atoms with Gasteiger partial charge in [0.25, 0.3) is 0 Å². The second-order valence-electron chi connectivity index (χ2n) is 5.59. The van der Waals surface area contributed by atoms with Crippen LogP contribution in [0.3, 0.4) is 0 Å². The van der Waals surface area contributed by atoms with Gasteiger partial charge >= 0.3 is 0 Å². The lowest BCUT2D eigenvalue weighted by atomic mass is 9.79. The zero-order valence-electron chi connectivity index (χ0n) is 10.8. The van der Waals surface area contributed by atoms with E-state index in [1.54, 1.807) is 0 Å². The Kier molecular flexibility index (Phi) is 2.49. The number of nitrogens with zero attached hydrogens (tertiary/aromatic N) is 1. The molecule has 0 saturated heterocycles. The third kappa shape index (κ3) is 1.58. The summed E-state index contributed by atoms with van der Waals surface area (Å²) in [7, 11) is 3.92. The molecule has 4 heteroatoms. The van der Waals surface area contributed by atoms with Crippen molar-refractivity contribution in [3.8, 4) is 0 Å². The fraction of sp³-hybridized carbons (Fsp3) is 0.500. The Morgan fingerprint density at radius 2 is 2.06 bits per heavy atom. The van der Waals surface area contributed by atoms with Crippen LogP contribution in [0.5, 0.6) is 0 Å². The standard InChI is InChI=1S/C14H16BrNO2/c1-8-11-10(18-13(8)15)6-14(4-5-14)9(12(11)17)7-16(2)3/h7H,4-6H2,1-3H3/b9-7+. The minimum atomic E-state index is 0.0537. The summed E-state index contributed by atoms with van der Waals surface area (Å²) in [6.45, 7) is 1.93. The molecule has 1 aromatic heterocycles. The lowest BCUT2D eigenvalue weighted by Gasteiger charge is -2.24. The van der Waals surface area contributed by atoms with Crippen LogP contribution < -0.4 is 0 Å². The first kappa shape index (κ1) is 12.0. The molecule has 0 amide bonds. The first-order chi connectivity index (χ1) is 8.44. The summed E-state index contributed by atoms with van der Waals surface area (Å²) >= 11 is 3.38. The minimum Gasteiger partial charge on any atom is -0.453 e. The van der Waals surface area contributed by atoms with Crippen LogP contribution in [-0.2, 0) is 6.42 Å². The average molecular weight is 310 g/mol. The van der Waals surface area contributed by atoms with E-state index in [9.17, 15) is 4.79 Å². The van der Waals surface area contributed by atoms with E-state index in [0.717, 1.165) is 41.7 Å². The van der Waals surface area contributed by atoms with E-state index in [0.29, 0.717) is 4.67 Å². The van der Waals surface area contributed by atoms with Crippen LogP contribution >= 0.6 is 15.9 Å². The molecule has 1 saturated carbocycles. The van der Waals surface area contributed by atoms with Crippen molar-refractivity contribution in [1.29, 1.82) is 0 Å². The molecule has 0 N–H and O–H groups in total. The zero-order chi connectivity index (χ0) is 13.1. The van der Waals surface area contributed by atoms with Gasteiger partial charge in [0.05, 0.1) is 5.56 Å². The van der Waals surface area contributed by atoms with Gasteiger partial charge in [-0.3, -0.25) is 4.79 Å². The van der Waals surface area contributed by atoms with Crippen LogP contribution in [0.2, 0.25) is 0 Å². The van der Waals surface area contributed by atoms with Crippen LogP contribution in [0.25, 0.3) is 0 Å². The Morgan fingerprint density at radius 1 is 1.39 bits per heavy atom. The highest BCUT2D eigenvalue weighted by Crippen LogP contribution is 2.58. The summed E-state index contributed by atoms with van der Waals surface area (Å²) in [5.74, 6) is 1.01. The van der Waals surface area contributed by atoms with E-state index in [2.05, 4.69) is 15.9 Å². The van der Waals surface area contributed by atoms with Crippen molar-refractivity contribution < 1.29 is 9.21 Å². The Bertz CT molecular complexity index is 565. The van der Waals surface area contributed by atoms with E-state index in [1.165, 1.54) is 0 Å². The number of furan rings is 1. The maximum atomic E-state index is 12.7. The summed E-state index contributed by atoms with van der Waals surface area (Å²) in [6.07, 6.45) is 5.03. The molecular weight excluding hydrogens is 294 g/mol. The van der Waals surface area contributed by atoms with Gasteiger partial charge in [-0.1, -0.05) is 0 Å². The molecule has 0 unspecified atom stereocenters. The average Bonchev–Trinajstić information content (AvgIpc) is 2.98. The van der Waals surface area contributed by atoms with Crippen LogP contribution in [0.1, 0.15) is 34.5 Å². The molecule has 3 nitrogen and oxygen atoms in total. The zero-order valence-corrected chi connectivity index (χ0v) is 12.4. The fourth-order valence-corrected chi connectivity index (χ4v) is 3.19. The number of halogens is 1. The quantitative estimate of drug-likeness (QED) is 0.746. The lowest BCUT2D eigenvalue weighted by Crippen LogP contribution is -2.26. The molecule has 0 atom stereocenters. The topological polar surface area (TPSA) is 33.5 Å². The van der Waals surface area contributed by atoms with Gasteiger partial charge < -0.3 is 9.32 Å². The highest BCUT2D eigenvalue weighted by atomic mass is 79.9. The van der Waals surface area contributed by atoms with Crippen molar-refractivity contribution >= 4 is 21.7 Å². The van der Waals surface area contributed by atoms with Crippen molar-refractivity contribution in [3.63, 3.8) is 0 Å². The second kappa shape index (κ2) is 3.73. The molecule has 96 valence electrons. The molecule has 0 aliphatic heterocycles. The number of allylic oxidation sites excluding steroid dienone is 1. The summed E-state index contributed by atoms with van der Waals surface area (Å²) in [4.78, 5) is 14.6. The van der Waals surface area contributed by atoms with Crippen LogP contribution in [0.15, 0.2) is 20.9 Å². The number of ketones is 1. The van der Waals surface area contributed by atoms with Crippen molar-refractivity contribution in [2.45, 2.75) is 26.2 Å². The smallest absolute Gasteiger partial charge is 0.194 e. The van der Waals surface area contributed by atoms with Crippen LogP contribution in [0, 0.1) is 12.3 Å². The monoisotopic (exact) mass is 309 g/mol. The molecule has 2 aliphatic rings. The molecule has 0 bridgehead atoms. The number of hydrogen-bond donors (Lipinski definition) is 0. The first-order valence-corrected chi connectivity index (χ1v) is 6.95. The molecule has 0 radical (unpaired) electrons. The van der Waals surface area contributed by atoms with E-state index in [4.69, 9.17) is 4.42 Å². The summed E-state index contributed by atoms with van der Waals surface area (Å²) in [5.41, 5.74) is 2.71. The predicted molar refractivity (Wildman–Crippen MR) is 72.6 cm³/mol. The predicted octanol–water partition coefficient (Wildman–Crippen LogP) is 3.32. The van der Waals surface area contributed by atoms with E-state index >= 15 is 0 Å². The van der Waals surface area contributed by atoms with Gasteiger partial charge in [-0.05, 0) is 35.7 Å². The molecule has 18 heavy (non-hydrogen) atoms. The molecule has 1 spiro atoms. The summed E-state index contributed by atoms with van der Waals surface area (Å²) in [5, 5.41) is 0. The molecule has 3 rings (SSSR count). The lowest BCUT2D eigenvalue weighted by molar-refractivity contribution is 0.100. The maximum Gasteiger partial charge on any atom is 0.194 e. The van der Waals surface area contributed by atoms with Crippen LogP contribution in [0.4, 0.5) is 0 Å². The Balaban J connectivity index is 2.15. The number of fused-ring (bicyclic) bond motifs is 1. The van der Waals surface area contributed by atoms with E-state index < -0.39 is 0 Å². The number of Topliss-reactive ketones (excluding diaryl/α,β-unsaturated/α-hetero) is 1. The largest absolute Gasteiger partial charge is 0.453 e. The van der Waals surface area contributed by atoms with Gasteiger partial charge in [-0.2, -0.15) is 0 Å². The fourth-order valence-electron chi connectivity index (χ4n) is 2.79. The van der Waals surface area contributed by atoms with Gasteiger partial charge in [0, 0.05) is 43.3 Å². The third-order valence-electron chi connectivity index (χ3n) is 3.94. The van der Waals surface area contributed by atoms with Gasteiger partial charge in [-0.15, -0.1) is 0 Å². The highest BCUT2D eigenvalue weighted by molar-refractivity contribution is 9.10. The first-order valence-electron chi connectivity index (χ1n) is 6.16. The summed E-state index contributed by atoms with van der Waals surface area (Å²) < 4.78 is 6.39. The Labute approximate surface area is 115 Å². The number of carbonyl (C=O) groups excluding carboxylic acids is 1. The van der Waals surface area contributed by atoms with Crippen molar-refractivity contribution in [1.82, 2.24) is 4.90 Å². The molecule has 1 fully saturated rings. The van der Waals surface area contributed by atoms with Crippen molar-refractivity contribution in [3.05, 3.63) is 33.3 Å². The van der Waals surface area contributed by atoms with Gasteiger partial charge in [0.2, 0.25) is 0 Å². The minimum absolute atomic E-state index is 0.0537. The maximum absolute atomic E-state index is 12.7. The van der Waals surface area contributed by atoms with Gasteiger partial charge in [0.1, 0.15) is 5.76 Å². The number of hydrogen-bond acceptors (Lipinski definition) is 3. The highest BCUT2D eigenvalue weighted by Gasteiger charge is 2.53. The third-order valence-corrected chi connectivity index (χ3v) is 4.70. The van der Waals surface area contributed by atoms with Gasteiger partial charge in [0.15, 0.2) is 10.5 Å².